The Morgan fingerprint density at radius 3 is 2.62 bits per heavy atom. The second kappa shape index (κ2) is 6.25. The van der Waals surface area contributed by atoms with E-state index in [1.54, 1.807) is 0 Å². The lowest BCUT2D eigenvalue weighted by Crippen LogP contribution is -2.43. The summed E-state index contributed by atoms with van der Waals surface area (Å²) >= 11 is 0. The van der Waals surface area contributed by atoms with Gasteiger partial charge in [0.25, 0.3) is 0 Å². The second-order valence-electron chi connectivity index (χ2n) is 7.67. The highest BCUT2D eigenvalue weighted by molar-refractivity contribution is 5.79. The third-order valence-electron chi connectivity index (χ3n) is 6.42. The lowest BCUT2D eigenvalue weighted by molar-refractivity contribution is -0.121. The fraction of sp³-hybridized carbons (Fsp3) is 0.941. The van der Waals surface area contributed by atoms with Gasteiger partial charge >= 0.3 is 0 Å². The molecule has 2 fully saturated rings. The molecule has 0 saturated heterocycles. The highest BCUT2D eigenvalue weighted by Gasteiger charge is 2.61. The Balaban J connectivity index is 1.83. The summed E-state index contributed by atoms with van der Waals surface area (Å²) in [6.45, 7) is 10.7. The summed E-state index contributed by atoms with van der Waals surface area (Å²) in [7, 11) is 0. The monoisotopic (exact) mass is 296 g/mol. The number of carbonyl (C=O) groups is 1. The number of hydrogen-bond acceptors (Lipinski definition) is 3. The maximum absolute atomic E-state index is 11.4. The summed E-state index contributed by atoms with van der Waals surface area (Å²) in [4.78, 5) is 11.4. The summed E-state index contributed by atoms with van der Waals surface area (Å²) in [6.07, 6.45) is 5.79. The molecule has 0 radical (unpaired) electrons. The first-order chi connectivity index (χ1) is 9.83. The first-order valence-corrected chi connectivity index (χ1v) is 8.47. The standard InChI is InChI=1S/C17H32N2O2/c1-5-9-19-13(15(18)20)7-10-21-14-11-12-6-8-17(14,4)16(12,2)3/h12-14,19H,5-11H2,1-4H3,(H2,18,20). The Labute approximate surface area is 129 Å². The van der Waals surface area contributed by atoms with E-state index in [9.17, 15) is 4.79 Å². The summed E-state index contributed by atoms with van der Waals surface area (Å²) in [5.41, 5.74) is 6.11. The molecule has 0 aliphatic heterocycles. The summed E-state index contributed by atoms with van der Waals surface area (Å²) in [5, 5.41) is 3.20. The van der Waals surface area contributed by atoms with Crippen molar-refractivity contribution in [1.82, 2.24) is 5.32 Å². The number of nitrogens with two attached hydrogens (primary N) is 1. The lowest BCUT2D eigenvalue weighted by atomic mass is 9.70. The van der Waals surface area contributed by atoms with Crippen LogP contribution < -0.4 is 11.1 Å². The SMILES string of the molecule is CCCNC(CCOC1CC2CCC1(C)C2(C)C)C(N)=O. The molecule has 2 bridgehead atoms. The zero-order valence-electron chi connectivity index (χ0n) is 14.1. The van der Waals surface area contributed by atoms with Gasteiger partial charge in [-0.15, -0.1) is 0 Å². The minimum atomic E-state index is -0.272. The van der Waals surface area contributed by atoms with Crippen LogP contribution in [-0.2, 0) is 9.53 Å². The van der Waals surface area contributed by atoms with Crippen LogP contribution in [0.1, 0.15) is 59.8 Å². The van der Waals surface area contributed by atoms with Crippen LogP contribution in [0, 0.1) is 16.7 Å². The highest BCUT2D eigenvalue weighted by atomic mass is 16.5. The van der Waals surface area contributed by atoms with E-state index in [-0.39, 0.29) is 17.4 Å². The molecule has 0 spiro atoms. The number of rotatable bonds is 8. The predicted octanol–water partition coefficient (Wildman–Crippen LogP) is 2.46. The van der Waals surface area contributed by atoms with E-state index >= 15 is 0 Å². The van der Waals surface area contributed by atoms with Crippen molar-refractivity contribution < 1.29 is 9.53 Å². The topological polar surface area (TPSA) is 64.3 Å². The van der Waals surface area contributed by atoms with Crippen molar-refractivity contribution in [3.63, 3.8) is 0 Å². The van der Waals surface area contributed by atoms with Gasteiger partial charge in [0.15, 0.2) is 0 Å². The van der Waals surface area contributed by atoms with Crippen molar-refractivity contribution in [2.24, 2.45) is 22.5 Å². The molecule has 2 rings (SSSR count). The molecule has 0 aromatic heterocycles. The quantitative estimate of drug-likeness (QED) is 0.723. The van der Waals surface area contributed by atoms with Crippen LogP contribution in [0.2, 0.25) is 0 Å². The van der Waals surface area contributed by atoms with Crippen molar-refractivity contribution >= 4 is 5.91 Å². The van der Waals surface area contributed by atoms with E-state index < -0.39 is 0 Å². The Hall–Kier alpha value is -0.610. The van der Waals surface area contributed by atoms with Crippen LogP contribution in [0.5, 0.6) is 0 Å². The zero-order chi connectivity index (χ0) is 15.7. The molecule has 4 unspecified atom stereocenters. The van der Waals surface area contributed by atoms with Crippen molar-refractivity contribution in [1.29, 1.82) is 0 Å². The van der Waals surface area contributed by atoms with Gasteiger partial charge in [-0.25, -0.2) is 0 Å². The number of ether oxygens (including phenoxy) is 1. The smallest absolute Gasteiger partial charge is 0.234 e. The first kappa shape index (κ1) is 16.8. The summed E-state index contributed by atoms with van der Waals surface area (Å²) < 4.78 is 6.19. The third-order valence-corrected chi connectivity index (χ3v) is 6.42. The number of fused-ring (bicyclic) bond motifs is 2. The Morgan fingerprint density at radius 2 is 2.14 bits per heavy atom. The van der Waals surface area contributed by atoms with E-state index in [2.05, 4.69) is 33.0 Å². The average molecular weight is 296 g/mol. The van der Waals surface area contributed by atoms with Crippen LogP contribution in [0.3, 0.4) is 0 Å². The fourth-order valence-electron chi connectivity index (χ4n) is 4.37. The Morgan fingerprint density at radius 1 is 1.43 bits per heavy atom. The minimum Gasteiger partial charge on any atom is -0.378 e. The van der Waals surface area contributed by atoms with Gasteiger partial charge in [0.1, 0.15) is 0 Å². The van der Waals surface area contributed by atoms with Crippen LogP contribution in [0.25, 0.3) is 0 Å². The normalized spacial score (nSPS) is 35.0. The van der Waals surface area contributed by atoms with Gasteiger partial charge in [-0.3, -0.25) is 4.79 Å². The Bertz CT molecular complexity index is 383. The number of primary amides is 1. The van der Waals surface area contributed by atoms with Gasteiger partial charge < -0.3 is 15.8 Å². The molecule has 2 aliphatic rings. The van der Waals surface area contributed by atoms with Crippen molar-refractivity contribution in [3.05, 3.63) is 0 Å². The Kier molecular flexibility index (Phi) is 4.99. The van der Waals surface area contributed by atoms with Gasteiger partial charge in [-0.1, -0.05) is 27.7 Å². The predicted molar refractivity (Wildman–Crippen MR) is 84.9 cm³/mol. The van der Waals surface area contributed by atoms with Gasteiger partial charge in [0.05, 0.1) is 12.1 Å². The molecular formula is C17H32N2O2. The molecule has 2 aliphatic carbocycles. The molecule has 3 N–H and O–H groups in total. The van der Waals surface area contributed by atoms with Crippen molar-refractivity contribution in [3.8, 4) is 0 Å². The van der Waals surface area contributed by atoms with E-state index in [4.69, 9.17) is 10.5 Å². The molecule has 1 amide bonds. The van der Waals surface area contributed by atoms with Crippen LogP contribution in [0.4, 0.5) is 0 Å². The van der Waals surface area contributed by atoms with Crippen molar-refractivity contribution in [2.45, 2.75) is 71.9 Å². The molecule has 21 heavy (non-hydrogen) atoms. The van der Waals surface area contributed by atoms with Gasteiger partial charge in [0.2, 0.25) is 5.91 Å². The minimum absolute atomic E-state index is 0.260. The number of nitrogens with one attached hydrogen (secondary N) is 1. The maximum Gasteiger partial charge on any atom is 0.234 e. The van der Waals surface area contributed by atoms with E-state index in [1.807, 2.05) is 0 Å². The van der Waals surface area contributed by atoms with Gasteiger partial charge in [-0.2, -0.15) is 0 Å². The average Bonchev–Trinajstić information content (AvgIpc) is 2.75. The molecule has 0 aromatic carbocycles. The summed E-state index contributed by atoms with van der Waals surface area (Å²) in [6, 6.07) is -0.260. The molecular weight excluding hydrogens is 264 g/mol. The van der Waals surface area contributed by atoms with E-state index in [1.165, 1.54) is 19.3 Å². The molecule has 0 aromatic rings. The molecule has 122 valence electrons. The summed E-state index contributed by atoms with van der Waals surface area (Å²) in [5.74, 6) is 0.518. The second-order valence-corrected chi connectivity index (χ2v) is 7.67. The third kappa shape index (κ3) is 2.98. The van der Waals surface area contributed by atoms with Crippen molar-refractivity contribution in [2.75, 3.05) is 13.2 Å². The van der Waals surface area contributed by atoms with E-state index in [0.717, 1.165) is 18.9 Å². The van der Waals surface area contributed by atoms with Crippen LogP contribution in [-0.4, -0.2) is 31.2 Å². The van der Waals surface area contributed by atoms with Gasteiger partial charge in [0, 0.05) is 6.61 Å². The first-order valence-electron chi connectivity index (χ1n) is 8.47. The molecule has 4 atom stereocenters. The number of hydrogen-bond donors (Lipinski definition) is 2. The maximum atomic E-state index is 11.4. The van der Waals surface area contributed by atoms with E-state index in [0.29, 0.717) is 24.5 Å². The van der Waals surface area contributed by atoms with Crippen LogP contribution in [0.15, 0.2) is 0 Å². The molecule has 4 nitrogen and oxygen atoms in total. The molecule has 0 heterocycles. The van der Waals surface area contributed by atoms with Gasteiger partial charge in [-0.05, 0) is 55.4 Å². The highest BCUT2D eigenvalue weighted by Crippen LogP contribution is 2.66. The largest absolute Gasteiger partial charge is 0.378 e. The molecule has 2 saturated carbocycles. The lowest BCUT2D eigenvalue weighted by Gasteiger charge is -2.39. The number of carbonyl (C=O) groups excluding carboxylic acids is 1. The zero-order valence-corrected chi connectivity index (χ0v) is 14.1. The molecule has 4 heteroatoms. The van der Waals surface area contributed by atoms with Crippen LogP contribution >= 0.6 is 0 Å². The fourth-order valence-corrected chi connectivity index (χ4v) is 4.37. The number of amides is 1.